The quantitative estimate of drug-likeness (QED) is 0.345. The molecule has 0 N–H and O–H groups in total. The van der Waals surface area contributed by atoms with Crippen molar-refractivity contribution < 1.29 is 0 Å². The minimum absolute atomic E-state index is 0.850. The lowest BCUT2D eigenvalue weighted by Gasteiger charge is -2.13. The van der Waals surface area contributed by atoms with Gasteiger partial charge in [-0.2, -0.15) is 0 Å². The van der Waals surface area contributed by atoms with E-state index in [1.165, 1.54) is 20.3 Å². The number of aromatic nitrogens is 3. The fourth-order valence-corrected chi connectivity index (χ4v) is 3.90. The lowest BCUT2D eigenvalue weighted by atomic mass is 9.99. The smallest absolute Gasteiger partial charge is 0.0900 e. The highest BCUT2D eigenvalue weighted by Crippen LogP contribution is 2.33. The summed E-state index contributed by atoms with van der Waals surface area (Å²) in [5.74, 6) is 0. The largest absolute Gasteiger partial charge is 0.255 e. The van der Waals surface area contributed by atoms with Crippen LogP contribution in [0.15, 0.2) is 73.1 Å². The van der Waals surface area contributed by atoms with Crippen molar-refractivity contribution in [2.45, 2.75) is 13.8 Å². The van der Waals surface area contributed by atoms with Crippen molar-refractivity contribution in [1.29, 1.82) is 0 Å². The molecule has 27 heavy (non-hydrogen) atoms. The third-order valence-corrected chi connectivity index (χ3v) is 6.04. The summed E-state index contributed by atoms with van der Waals surface area (Å²) in [6, 6.07) is 20.4. The molecule has 0 radical (unpaired) electrons. The normalized spacial score (nSPS) is 10.8. The van der Waals surface area contributed by atoms with Crippen LogP contribution in [0.4, 0.5) is 0 Å². The van der Waals surface area contributed by atoms with E-state index in [1.54, 1.807) is 12.4 Å². The van der Waals surface area contributed by atoms with Crippen LogP contribution in [-0.4, -0.2) is 15.0 Å². The van der Waals surface area contributed by atoms with Crippen LogP contribution in [0.2, 0.25) is 0 Å². The Morgan fingerprint density at radius 1 is 0.704 bits per heavy atom. The van der Waals surface area contributed by atoms with E-state index in [2.05, 4.69) is 70.7 Å². The first-order valence-electron chi connectivity index (χ1n) is 8.74. The third kappa shape index (κ3) is 3.62. The Balaban J connectivity index is 1.96. The lowest BCUT2D eigenvalue weighted by Crippen LogP contribution is -1.96. The van der Waals surface area contributed by atoms with Crippen molar-refractivity contribution in [3.05, 3.63) is 87.8 Å². The maximum atomic E-state index is 4.84. The minimum Gasteiger partial charge on any atom is -0.255 e. The molecule has 4 heteroatoms. The highest BCUT2D eigenvalue weighted by molar-refractivity contribution is 14.1. The monoisotopic (exact) mass is 463 g/mol. The van der Waals surface area contributed by atoms with Crippen LogP contribution < -0.4 is 0 Å². The van der Waals surface area contributed by atoms with E-state index in [-0.39, 0.29) is 0 Å². The van der Waals surface area contributed by atoms with Gasteiger partial charge in [0.2, 0.25) is 0 Å². The Morgan fingerprint density at radius 2 is 1.30 bits per heavy atom. The Morgan fingerprint density at radius 3 is 1.81 bits per heavy atom. The molecular weight excluding hydrogens is 445 g/mol. The predicted molar refractivity (Wildman–Crippen MR) is 118 cm³/mol. The maximum Gasteiger partial charge on any atom is 0.0900 e. The average molecular weight is 463 g/mol. The molecule has 0 aliphatic rings. The van der Waals surface area contributed by atoms with Gasteiger partial charge >= 0.3 is 0 Å². The van der Waals surface area contributed by atoms with Crippen LogP contribution in [0.5, 0.6) is 0 Å². The number of hydrogen-bond acceptors (Lipinski definition) is 3. The maximum absolute atomic E-state index is 4.84. The first-order chi connectivity index (χ1) is 13.1. The van der Waals surface area contributed by atoms with Crippen LogP contribution in [0, 0.1) is 17.4 Å². The highest BCUT2D eigenvalue weighted by Gasteiger charge is 2.13. The molecule has 0 amide bonds. The van der Waals surface area contributed by atoms with Crippen LogP contribution in [-0.2, 0) is 0 Å². The van der Waals surface area contributed by atoms with Gasteiger partial charge in [-0.25, -0.2) is 4.98 Å². The number of pyridine rings is 3. The van der Waals surface area contributed by atoms with Gasteiger partial charge in [0.15, 0.2) is 0 Å². The zero-order valence-electron chi connectivity index (χ0n) is 15.1. The van der Waals surface area contributed by atoms with Gasteiger partial charge in [-0.1, -0.05) is 24.3 Å². The van der Waals surface area contributed by atoms with E-state index in [9.17, 15) is 0 Å². The summed E-state index contributed by atoms with van der Waals surface area (Å²) >= 11 is 2.44. The van der Waals surface area contributed by atoms with Gasteiger partial charge < -0.3 is 0 Å². The minimum atomic E-state index is 0.850. The molecule has 0 atom stereocenters. The highest BCUT2D eigenvalue weighted by atomic mass is 127. The molecule has 0 aliphatic carbocycles. The number of halogens is 1. The molecule has 1 aromatic carbocycles. The molecule has 132 valence electrons. The summed E-state index contributed by atoms with van der Waals surface area (Å²) in [6.45, 7) is 4.31. The van der Waals surface area contributed by atoms with E-state index in [0.29, 0.717) is 0 Å². The summed E-state index contributed by atoms with van der Waals surface area (Å²) in [7, 11) is 0. The molecule has 0 aliphatic heterocycles. The van der Waals surface area contributed by atoms with Gasteiger partial charge in [0.05, 0.1) is 22.8 Å². The van der Waals surface area contributed by atoms with Gasteiger partial charge in [-0.3, -0.25) is 9.97 Å². The van der Waals surface area contributed by atoms with Crippen LogP contribution in [0.1, 0.15) is 11.1 Å². The third-order valence-electron chi connectivity index (χ3n) is 4.65. The second-order valence-corrected chi connectivity index (χ2v) is 7.50. The molecule has 0 saturated heterocycles. The van der Waals surface area contributed by atoms with Crippen LogP contribution in [0.25, 0.3) is 33.9 Å². The van der Waals surface area contributed by atoms with Crippen molar-refractivity contribution in [2.75, 3.05) is 0 Å². The number of nitrogens with zero attached hydrogens (tertiary/aromatic N) is 3. The average Bonchev–Trinajstić information content (AvgIpc) is 2.73. The van der Waals surface area contributed by atoms with Crippen LogP contribution in [0.3, 0.4) is 0 Å². The Hall–Kier alpha value is -2.60. The first-order valence-corrected chi connectivity index (χ1v) is 9.82. The van der Waals surface area contributed by atoms with E-state index in [4.69, 9.17) is 4.98 Å². The molecule has 0 bridgehead atoms. The van der Waals surface area contributed by atoms with Gasteiger partial charge in [0, 0.05) is 16.0 Å². The summed E-state index contributed by atoms with van der Waals surface area (Å²) in [5, 5.41) is 0. The standard InChI is InChI=1S/C23H18IN3/c1-15-9-10-18(23(24)16(15)2)17-13-21(19-7-3-5-11-25-19)27-22(14-17)20-8-4-6-12-26-20/h3-14H,1-2H3. The van der Waals surface area contributed by atoms with Crippen molar-refractivity contribution in [3.8, 4) is 33.9 Å². The number of benzene rings is 1. The van der Waals surface area contributed by atoms with E-state index < -0.39 is 0 Å². The topological polar surface area (TPSA) is 38.7 Å². The molecule has 0 saturated carbocycles. The number of hydrogen-bond donors (Lipinski definition) is 0. The van der Waals surface area contributed by atoms with Crippen molar-refractivity contribution >= 4 is 22.6 Å². The molecule has 3 aromatic heterocycles. The second kappa shape index (κ2) is 7.56. The van der Waals surface area contributed by atoms with Crippen LogP contribution >= 0.6 is 22.6 Å². The first kappa shape index (κ1) is 17.8. The van der Waals surface area contributed by atoms with Gasteiger partial charge in [0.1, 0.15) is 0 Å². The van der Waals surface area contributed by atoms with Gasteiger partial charge in [-0.05, 0) is 95.1 Å². The molecule has 4 aromatic rings. The molecule has 0 spiro atoms. The van der Waals surface area contributed by atoms with Crippen molar-refractivity contribution in [1.82, 2.24) is 15.0 Å². The molecular formula is C23H18IN3. The van der Waals surface area contributed by atoms with E-state index in [1.807, 2.05) is 36.4 Å². The number of rotatable bonds is 3. The predicted octanol–water partition coefficient (Wildman–Crippen LogP) is 6.09. The van der Waals surface area contributed by atoms with Gasteiger partial charge in [-0.15, -0.1) is 0 Å². The summed E-state index contributed by atoms with van der Waals surface area (Å²) in [5.41, 5.74) is 8.35. The van der Waals surface area contributed by atoms with Crippen molar-refractivity contribution in [2.24, 2.45) is 0 Å². The fraction of sp³-hybridized carbons (Fsp3) is 0.0870. The molecule has 3 heterocycles. The number of aryl methyl sites for hydroxylation is 1. The van der Waals surface area contributed by atoms with Crippen molar-refractivity contribution in [3.63, 3.8) is 0 Å². The zero-order chi connectivity index (χ0) is 18.8. The molecule has 4 rings (SSSR count). The summed E-state index contributed by atoms with van der Waals surface area (Å²) < 4.78 is 1.26. The zero-order valence-corrected chi connectivity index (χ0v) is 17.3. The Bertz CT molecular complexity index is 1040. The molecule has 3 nitrogen and oxygen atoms in total. The Kier molecular flexibility index (Phi) is 4.99. The SMILES string of the molecule is Cc1ccc(-c2cc(-c3ccccn3)nc(-c3ccccn3)c2)c(I)c1C. The fourth-order valence-electron chi connectivity index (χ4n) is 2.98. The second-order valence-electron chi connectivity index (χ2n) is 6.43. The Labute approximate surface area is 172 Å². The summed E-state index contributed by atoms with van der Waals surface area (Å²) in [4.78, 5) is 13.8. The molecule has 0 fully saturated rings. The molecule has 0 unspecified atom stereocenters. The van der Waals surface area contributed by atoms with E-state index in [0.717, 1.165) is 28.3 Å². The van der Waals surface area contributed by atoms with E-state index >= 15 is 0 Å². The van der Waals surface area contributed by atoms with Gasteiger partial charge in [0.25, 0.3) is 0 Å². The lowest BCUT2D eigenvalue weighted by molar-refractivity contribution is 1.22. The summed E-state index contributed by atoms with van der Waals surface area (Å²) in [6.07, 6.45) is 3.59.